The van der Waals surface area contributed by atoms with Crippen LogP contribution in [0.15, 0.2) is 18.3 Å². The third kappa shape index (κ3) is 3.44. The average molecular weight is 237 g/mol. The van der Waals surface area contributed by atoms with Crippen LogP contribution in [0.3, 0.4) is 0 Å². The zero-order valence-corrected chi connectivity index (χ0v) is 9.75. The molecule has 0 aliphatic heterocycles. The maximum atomic E-state index is 10.9. The van der Waals surface area contributed by atoms with Crippen molar-refractivity contribution >= 4 is 17.7 Å². The van der Waals surface area contributed by atoms with Gasteiger partial charge in [0.15, 0.2) is 0 Å². The van der Waals surface area contributed by atoms with E-state index >= 15 is 0 Å². The molecule has 92 valence electrons. The smallest absolute Gasteiger partial charge is 0.335 e. The second-order valence-electron chi connectivity index (χ2n) is 3.90. The fraction of sp³-hybridized carbons (Fsp3) is 0.364. The van der Waals surface area contributed by atoms with Crippen LogP contribution in [0, 0.1) is 0 Å². The number of carbonyl (C=O) groups excluding carboxylic acids is 1. The lowest BCUT2D eigenvalue weighted by atomic mass is 10.2. The Morgan fingerprint density at radius 2 is 2.18 bits per heavy atom. The van der Waals surface area contributed by atoms with E-state index in [0.717, 1.165) is 0 Å². The first kappa shape index (κ1) is 13.0. The molecule has 0 radical (unpaired) electrons. The van der Waals surface area contributed by atoms with Gasteiger partial charge in [0.05, 0.1) is 12.1 Å². The van der Waals surface area contributed by atoms with Gasteiger partial charge in [0.2, 0.25) is 5.91 Å². The van der Waals surface area contributed by atoms with Gasteiger partial charge in [-0.3, -0.25) is 4.79 Å². The van der Waals surface area contributed by atoms with E-state index in [1.165, 1.54) is 18.3 Å². The summed E-state index contributed by atoms with van der Waals surface area (Å²) in [6.07, 6.45) is 1.40. The molecular weight excluding hydrogens is 222 g/mol. The summed E-state index contributed by atoms with van der Waals surface area (Å²) in [6.45, 7) is 3.75. The number of nitrogens with two attached hydrogens (primary N) is 1. The van der Waals surface area contributed by atoms with E-state index in [4.69, 9.17) is 10.8 Å². The summed E-state index contributed by atoms with van der Waals surface area (Å²) in [4.78, 5) is 27.5. The minimum absolute atomic E-state index is 0.000884. The number of carboxylic acids is 1. The largest absolute Gasteiger partial charge is 0.478 e. The number of hydrogen-bond donors (Lipinski definition) is 2. The second kappa shape index (κ2) is 5.29. The third-order valence-corrected chi connectivity index (χ3v) is 2.24. The molecule has 0 atom stereocenters. The number of pyridine rings is 1. The molecule has 1 aromatic heterocycles. The van der Waals surface area contributed by atoms with Crippen molar-refractivity contribution in [2.45, 2.75) is 19.9 Å². The lowest BCUT2D eigenvalue weighted by Crippen LogP contribution is -2.39. The Kier molecular flexibility index (Phi) is 4.03. The van der Waals surface area contributed by atoms with Gasteiger partial charge in [0.25, 0.3) is 0 Å². The number of hydrogen-bond acceptors (Lipinski definition) is 4. The van der Waals surface area contributed by atoms with Gasteiger partial charge in [-0.15, -0.1) is 0 Å². The highest BCUT2D eigenvalue weighted by atomic mass is 16.4. The van der Waals surface area contributed by atoms with Crippen molar-refractivity contribution in [2.75, 3.05) is 11.4 Å². The fourth-order valence-electron chi connectivity index (χ4n) is 1.40. The molecule has 0 fully saturated rings. The molecule has 1 rings (SSSR count). The molecule has 0 spiro atoms. The van der Waals surface area contributed by atoms with E-state index < -0.39 is 11.9 Å². The highest BCUT2D eigenvalue weighted by molar-refractivity contribution is 5.88. The number of amides is 1. The van der Waals surface area contributed by atoms with Crippen molar-refractivity contribution in [3.8, 4) is 0 Å². The van der Waals surface area contributed by atoms with Crippen molar-refractivity contribution in [3.63, 3.8) is 0 Å². The first-order valence-electron chi connectivity index (χ1n) is 5.16. The normalized spacial score (nSPS) is 10.3. The van der Waals surface area contributed by atoms with Crippen molar-refractivity contribution < 1.29 is 14.7 Å². The maximum Gasteiger partial charge on any atom is 0.335 e. The van der Waals surface area contributed by atoms with Gasteiger partial charge in [-0.1, -0.05) is 0 Å². The summed E-state index contributed by atoms with van der Waals surface area (Å²) in [7, 11) is 0. The van der Waals surface area contributed by atoms with Crippen LogP contribution in [0.25, 0.3) is 0 Å². The number of nitrogens with zero attached hydrogens (tertiary/aromatic N) is 2. The predicted molar refractivity (Wildman–Crippen MR) is 62.9 cm³/mol. The molecule has 0 bridgehead atoms. The summed E-state index contributed by atoms with van der Waals surface area (Å²) in [5.74, 6) is -1.09. The SMILES string of the molecule is CC(C)N(CC(N)=O)c1cc(C(=O)O)ccn1. The van der Waals surface area contributed by atoms with Crippen LogP contribution in [0.4, 0.5) is 5.82 Å². The molecule has 0 aliphatic carbocycles. The molecule has 3 N–H and O–H groups in total. The van der Waals surface area contributed by atoms with Crippen LogP contribution in [0.1, 0.15) is 24.2 Å². The van der Waals surface area contributed by atoms with Crippen LogP contribution < -0.4 is 10.6 Å². The Morgan fingerprint density at radius 3 is 2.65 bits per heavy atom. The predicted octanol–water partition coefficient (Wildman–Crippen LogP) is 0.480. The van der Waals surface area contributed by atoms with Gasteiger partial charge >= 0.3 is 5.97 Å². The van der Waals surface area contributed by atoms with Gasteiger partial charge in [0, 0.05) is 12.2 Å². The van der Waals surface area contributed by atoms with E-state index in [1.54, 1.807) is 4.90 Å². The van der Waals surface area contributed by atoms with Crippen LogP contribution in [0.2, 0.25) is 0 Å². The summed E-state index contributed by atoms with van der Waals surface area (Å²) in [5, 5.41) is 8.87. The molecule has 0 unspecified atom stereocenters. The molecule has 17 heavy (non-hydrogen) atoms. The third-order valence-electron chi connectivity index (χ3n) is 2.24. The number of rotatable bonds is 5. The number of carboxylic acid groups (broad SMARTS) is 1. The average Bonchev–Trinajstić information content (AvgIpc) is 2.25. The highest BCUT2D eigenvalue weighted by Crippen LogP contribution is 2.15. The van der Waals surface area contributed by atoms with Gasteiger partial charge in [0.1, 0.15) is 5.82 Å². The zero-order valence-electron chi connectivity index (χ0n) is 9.75. The monoisotopic (exact) mass is 237 g/mol. The molecule has 0 saturated heterocycles. The standard InChI is InChI=1S/C11H15N3O3/c1-7(2)14(6-9(12)15)10-5-8(11(16)17)3-4-13-10/h3-5,7H,6H2,1-2H3,(H2,12,15)(H,16,17). The van der Waals surface area contributed by atoms with Crippen LogP contribution in [0.5, 0.6) is 0 Å². The Morgan fingerprint density at radius 1 is 1.53 bits per heavy atom. The van der Waals surface area contributed by atoms with E-state index in [-0.39, 0.29) is 18.2 Å². The quantitative estimate of drug-likeness (QED) is 0.776. The summed E-state index contributed by atoms with van der Waals surface area (Å²) >= 11 is 0. The molecule has 0 aliphatic rings. The second-order valence-corrected chi connectivity index (χ2v) is 3.90. The summed E-state index contributed by atoms with van der Waals surface area (Å²) < 4.78 is 0. The molecule has 0 aromatic carbocycles. The van der Waals surface area contributed by atoms with E-state index in [0.29, 0.717) is 5.82 Å². The number of primary amides is 1. The van der Waals surface area contributed by atoms with Crippen LogP contribution in [-0.2, 0) is 4.79 Å². The maximum absolute atomic E-state index is 10.9. The minimum Gasteiger partial charge on any atom is -0.478 e. The van der Waals surface area contributed by atoms with Gasteiger partial charge < -0.3 is 15.7 Å². The van der Waals surface area contributed by atoms with E-state index in [9.17, 15) is 9.59 Å². The van der Waals surface area contributed by atoms with E-state index in [2.05, 4.69) is 4.98 Å². The highest BCUT2D eigenvalue weighted by Gasteiger charge is 2.15. The number of anilines is 1. The topological polar surface area (TPSA) is 96.5 Å². The Balaban J connectivity index is 3.05. The van der Waals surface area contributed by atoms with Crippen molar-refractivity contribution in [1.82, 2.24) is 4.98 Å². The Hall–Kier alpha value is -2.11. The number of aromatic nitrogens is 1. The Bertz CT molecular complexity index is 432. The van der Waals surface area contributed by atoms with Crippen molar-refractivity contribution in [1.29, 1.82) is 0 Å². The molecular formula is C11H15N3O3. The van der Waals surface area contributed by atoms with Crippen LogP contribution in [-0.4, -0.2) is 34.6 Å². The summed E-state index contributed by atoms with van der Waals surface area (Å²) in [5.41, 5.74) is 5.27. The van der Waals surface area contributed by atoms with Gasteiger partial charge in [-0.05, 0) is 26.0 Å². The van der Waals surface area contributed by atoms with Crippen molar-refractivity contribution in [3.05, 3.63) is 23.9 Å². The fourth-order valence-corrected chi connectivity index (χ4v) is 1.40. The minimum atomic E-state index is -1.03. The lowest BCUT2D eigenvalue weighted by molar-refractivity contribution is -0.116. The molecule has 1 aromatic rings. The number of carbonyl (C=O) groups is 2. The lowest BCUT2D eigenvalue weighted by Gasteiger charge is -2.26. The van der Waals surface area contributed by atoms with Gasteiger partial charge in [-0.2, -0.15) is 0 Å². The Labute approximate surface area is 99.1 Å². The zero-order chi connectivity index (χ0) is 13.0. The molecule has 1 amide bonds. The van der Waals surface area contributed by atoms with Gasteiger partial charge in [-0.25, -0.2) is 9.78 Å². The van der Waals surface area contributed by atoms with Crippen LogP contribution >= 0.6 is 0 Å². The molecule has 6 nitrogen and oxygen atoms in total. The molecule has 6 heteroatoms. The van der Waals surface area contributed by atoms with Crippen molar-refractivity contribution in [2.24, 2.45) is 5.73 Å². The van der Waals surface area contributed by atoms with E-state index in [1.807, 2.05) is 13.8 Å². The first-order valence-corrected chi connectivity index (χ1v) is 5.16. The molecule has 0 saturated carbocycles. The molecule has 1 heterocycles. The summed E-state index contributed by atoms with van der Waals surface area (Å²) in [6, 6.07) is 2.82. The first-order chi connectivity index (χ1) is 7.91. The number of aromatic carboxylic acids is 1.